The molecule has 0 aliphatic carbocycles. The molecule has 16 heavy (non-hydrogen) atoms. The minimum absolute atomic E-state index is 0.664. The monoisotopic (exact) mass is 232 g/mol. The molecular weight excluding hydrogens is 204 g/mol. The highest BCUT2D eigenvalue weighted by Crippen LogP contribution is 2.04. The summed E-state index contributed by atoms with van der Waals surface area (Å²) in [7, 11) is 1.68. The Hall–Kier alpha value is -0.120. The normalized spacial score (nSPS) is 10.9. The highest BCUT2D eigenvalue weighted by atomic mass is 16.5. The van der Waals surface area contributed by atoms with Crippen molar-refractivity contribution in [2.45, 2.75) is 45.4 Å². The van der Waals surface area contributed by atoms with Gasteiger partial charge < -0.3 is 14.2 Å². The van der Waals surface area contributed by atoms with Crippen molar-refractivity contribution in [1.82, 2.24) is 0 Å². The minimum Gasteiger partial charge on any atom is -0.382 e. The molecule has 98 valence electrons. The van der Waals surface area contributed by atoms with Crippen molar-refractivity contribution in [2.24, 2.45) is 0 Å². The topological polar surface area (TPSA) is 27.7 Å². The maximum Gasteiger partial charge on any atom is 0.0701 e. The average molecular weight is 232 g/mol. The predicted molar refractivity (Wildman–Crippen MR) is 66.9 cm³/mol. The van der Waals surface area contributed by atoms with Crippen LogP contribution < -0.4 is 0 Å². The highest BCUT2D eigenvalue weighted by molar-refractivity contribution is 4.43. The summed E-state index contributed by atoms with van der Waals surface area (Å²) in [6.45, 7) is 5.83. The van der Waals surface area contributed by atoms with E-state index < -0.39 is 0 Å². The Morgan fingerprint density at radius 3 is 1.88 bits per heavy atom. The fourth-order valence-corrected chi connectivity index (χ4v) is 1.45. The molecule has 0 N–H and O–H groups in total. The average Bonchev–Trinajstić information content (AvgIpc) is 2.31. The van der Waals surface area contributed by atoms with Crippen LogP contribution in [-0.2, 0) is 14.2 Å². The van der Waals surface area contributed by atoms with Crippen LogP contribution in [0.1, 0.15) is 45.4 Å². The Balaban J connectivity index is 2.83. The van der Waals surface area contributed by atoms with Crippen LogP contribution in [0, 0.1) is 0 Å². The summed E-state index contributed by atoms with van der Waals surface area (Å²) in [5.74, 6) is 0. The summed E-state index contributed by atoms with van der Waals surface area (Å²) in [5.41, 5.74) is 0. The molecule has 0 heterocycles. The summed E-state index contributed by atoms with van der Waals surface area (Å²) in [5, 5.41) is 0. The second-order valence-corrected chi connectivity index (χ2v) is 3.99. The van der Waals surface area contributed by atoms with Gasteiger partial charge in [0.2, 0.25) is 0 Å². The first-order valence-electron chi connectivity index (χ1n) is 6.56. The molecule has 0 spiro atoms. The molecule has 0 aromatic heterocycles. The van der Waals surface area contributed by atoms with E-state index in [1.54, 1.807) is 7.11 Å². The zero-order valence-corrected chi connectivity index (χ0v) is 11.0. The largest absolute Gasteiger partial charge is 0.382 e. The first-order valence-corrected chi connectivity index (χ1v) is 6.56. The number of unbranched alkanes of at least 4 members (excludes halogenated alkanes) is 5. The lowest BCUT2D eigenvalue weighted by molar-refractivity contribution is 0.0239. The van der Waals surface area contributed by atoms with Gasteiger partial charge in [0, 0.05) is 13.7 Å². The van der Waals surface area contributed by atoms with E-state index in [4.69, 9.17) is 14.2 Å². The van der Waals surface area contributed by atoms with Gasteiger partial charge in [-0.3, -0.25) is 0 Å². The summed E-state index contributed by atoms with van der Waals surface area (Å²) in [6.07, 6.45) is 7.88. The van der Waals surface area contributed by atoms with E-state index in [9.17, 15) is 0 Å². The third-order valence-electron chi connectivity index (χ3n) is 2.45. The number of rotatable bonds is 13. The third kappa shape index (κ3) is 13.9. The van der Waals surface area contributed by atoms with E-state index in [1.165, 1.54) is 38.5 Å². The Morgan fingerprint density at radius 2 is 1.19 bits per heavy atom. The van der Waals surface area contributed by atoms with Crippen LogP contribution in [0.5, 0.6) is 0 Å². The lowest BCUT2D eigenvalue weighted by Gasteiger charge is -2.05. The molecule has 0 aliphatic rings. The van der Waals surface area contributed by atoms with Crippen molar-refractivity contribution in [1.29, 1.82) is 0 Å². The highest BCUT2D eigenvalue weighted by Gasteiger charge is 1.92. The Labute approximate surface area is 100 Å². The number of methoxy groups -OCH3 is 1. The lowest BCUT2D eigenvalue weighted by Crippen LogP contribution is -2.08. The molecule has 0 unspecified atom stereocenters. The number of ether oxygens (including phenoxy) is 3. The van der Waals surface area contributed by atoms with Crippen molar-refractivity contribution < 1.29 is 14.2 Å². The molecular formula is C13H28O3. The van der Waals surface area contributed by atoms with E-state index in [-0.39, 0.29) is 0 Å². The molecule has 0 aromatic carbocycles. The van der Waals surface area contributed by atoms with Gasteiger partial charge in [0.15, 0.2) is 0 Å². The van der Waals surface area contributed by atoms with Gasteiger partial charge in [0.25, 0.3) is 0 Å². The zero-order valence-electron chi connectivity index (χ0n) is 11.0. The van der Waals surface area contributed by atoms with E-state index >= 15 is 0 Å². The summed E-state index contributed by atoms with van der Waals surface area (Å²) < 4.78 is 15.6. The first-order chi connectivity index (χ1) is 7.91. The van der Waals surface area contributed by atoms with Crippen molar-refractivity contribution in [3.05, 3.63) is 0 Å². The summed E-state index contributed by atoms with van der Waals surface area (Å²) in [4.78, 5) is 0. The zero-order chi connectivity index (χ0) is 11.9. The lowest BCUT2D eigenvalue weighted by atomic mass is 10.1. The molecule has 3 heteroatoms. The van der Waals surface area contributed by atoms with Crippen LogP contribution in [0.25, 0.3) is 0 Å². The minimum atomic E-state index is 0.664. The molecule has 0 atom stereocenters. The molecule has 3 nitrogen and oxygen atoms in total. The second-order valence-electron chi connectivity index (χ2n) is 3.99. The third-order valence-corrected chi connectivity index (χ3v) is 2.45. The van der Waals surface area contributed by atoms with Gasteiger partial charge in [-0.15, -0.1) is 0 Å². The Morgan fingerprint density at radius 1 is 0.625 bits per heavy atom. The van der Waals surface area contributed by atoms with Crippen LogP contribution in [-0.4, -0.2) is 40.1 Å². The molecule has 0 bridgehead atoms. The standard InChI is InChI=1S/C13H28O3/c1-3-4-5-6-7-8-9-15-12-13-16-11-10-14-2/h3-13H2,1-2H3. The van der Waals surface area contributed by atoms with Gasteiger partial charge in [0.1, 0.15) is 0 Å². The SMILES string of the molecule is CCCCCCCCOCCOCCOC. The number of hydrogen-bond donors (Lipinski definition) is 0. The van der Waals surface area contributed by atoms with E-state index in [0.29, 0.717) is 26.4 Å². The maximum absolute atomic E-state index is 5.45. The summed E-state index contributed by atoms with van der Waals surface area (Å²) in [6, 6.07) is 0. The van der Waals surface area contributed by atoms with Gasteiger partial charge in [-0.25, -0.2) is 0 Å². The fourth-order valence-electron chi connectivity index (χ4n) is 1.45. The van der Waals surface area contributed by atoms with Gasteiger partial charge >= 0.3 is 0 Å². The second kappa shape index (κ2) is 14.9. The molecule has 0 radical (unpaired) electrons. The maximum atomic E-state index is 5.45. The van der Waals surface area contributed by atoms with Crippen LogP contribution in [0.15, 0.2) is 0 Å². The van der Waals surface area contributed by atoms with E-state index in [0.717, 1.165) is 6.61 Å². The quantitative estimate of drug-likeness (QED) is 0.457. The molecule has 0 rings (SSSR count). The smallest absolute Gasteiger partial charge is 0.0701 e. The Kier molecular flexibility index (Phi) is 14.8. The van der Waals surface area contributed by atoms with Crippen molar-refractivity contribution in [3.8, 4) is 0 Å². The van der Waals surface area contributed by atoms with E-state index in [1.807, 2.05) is 0 Å². The molecule has 0 aromatic rings. The number of hydrogen-bond acceptors (Lipinski definition) is 3. The van der Waals surface area contributed by atoms with Crippen LogP contribution in [0.3, 0.4) is 0 Å². The van der Waals surface area contributed by atoms with Crippen molar-refractivity contribution in [3.63, 3.8) is 0 Å². The van der Waals surface area contributed by atoms with Gasteiger partial charge in [-0.2, -0.15) is 0 Å². The summed E-state index contributed by atoms with van der Waals surface area (Å²) >= 11 is 0. The van der Waals surface area contributed by atoms with Gasteiger partial charge in [0.05, 0.1) is 26.4 Å². The molecule has 0 saturated heterocycles. The van der Waals surface area contributed by atoms with Crippen molar-refractivity contribution in [2.75, 3.05) is 40.1 Å². The molecule has 0 amide bonds. The van der Waals surface area contributed by atoms with Crippen LogP contribution in [0.2, 0.25) is 0 Å². The van der Waals surface area contributed by atoms with Crippen molar-refractivity contribution >= 4 is 0 Å². The molecule has 0 saturated carbocycles. The molecule has 0 aliphatic heterocycles. The predicted octanol–water partition coefficient (Wildman–Crippen LogP) is 3.03. The van der Waals surface area contributed by atoms with Gasteiger partial charge in [-0.1, -0.05) is 39.0 Å². The van der Waals surface area contributed by atoms with Crippen LogP contribution >= 0.6 is 0 Å². The van der Waals surface area contributed by atoms with Crippen LogP contribution in [0.4, 0.5) is 0 Å². The molecule has 0 fully saturated rings. The van der Waals surface area contributed by atoms with E-state index in [2.05, 4.69) is 6.92 Å². The first kappa shape index (κ1) is 15.9. The Bertz CT molecular complexity index is 104. The van der Waals surface area contributed by atoms with Gasteiger partial charge in [-0.05, 0) is 6.42 Å². The fraction of sp³-hybridized carbons (Fsp3) is 1.00.